The number of thioether (sulfide) groups is 1. The summed E-state index contributed by atoms with van der Waals surface area (Å²) < 4.78 is 0. The number of benzene rings is 1. The summed E-state index contributed by atoms with van der Waals surface area (Å²) in [5.74, 6) is 1.90. The van der Waals surface area contributed by atoms with Gasteiger partial charge in [0.2, 0.25) is 5.91 Å². The number of H-pyrrole nitrogens is 1. The van der Waals surface area contributed by atoms with Gasteiger partial charge < -0.3 is 10.6 Å². The summed E-state index contributed by atoms with van der Waals surface area (Å²) in [6, 6.07) is 7.96. The quantitative estimate of drug-likeness (QED) is 0.566. The van der Waals surface area contributed by atoms with E-state index in [0.29, 0.717) is 17.8 Å². The number of carbonyl (C=O) groups excluding carboxylic acids is 2. The maximum atomic E-state index is 12.8. The molecule has 2 aromatic rings. The van der Waals surface area contributed by atoms with Crippen LogP contribution in [0.5, 0.6) is 0 Å². The molecule has 1 heterocycles. The molecule has 0 saturated heterocycles. The van der Waals surface area contributed by atoms with Crippen LogP contribution in [0.2, 0.25) is 0 Å². The number of hydrogen-bond acceptors (Lipinski definition) is 5. The van der Waals surface area contributed by atoms with Gasteiger partial charge >= 0.3 is 0 Å². The fraction of sp³-hybridized carbons (Fsp3) is 0.500. The van der Waals surface area contributed by atoms with Crippen LogP contribution < -0.4 is 10.6 Å². The lowest BCUT2D eigenvalue weighted by atomic mass is 10.1. The maximum absolute atomic E-state index is 12.8. The third-order valence-electron chi connectivity index (χ3n) is 4.61. The van der Waals surface area contributed by atoms with Gasteiger partial charge in [-0.2, -0.15) is 16.9 Å². The van der Waals surface area contributed by atoms with Gasteiger partial charge in [-0.1, -0.05) is 32.0 Å². The van der Waals surface area contributed by atoms with E-state index in [9.17, 15) is 9.59 Å². The Kier molecular flexibility index (Phi) is 8.50. The second kappa shape index (κ2) is 10.8. The lowest BCUT2D eigenvalue weighted by Gasteiger charge is -2.20. The first-order valence-electron chi connectivity index (χ1n) is 9.53. The van der Waals surface area contributed by atoms with E-state index in [1.807, 2.05) is 19.2 Å². The molecule has 0 aliphatic heterocycles. The summed E-state index contributed by atoms with van der Waals surface area (Å²) in [7, 11) is 0. The molecule has 3 atom stereocenters. The molecular weight excluding hydrogens is 374 g/mol. The van der Waals surface area contributed by atoms with Gasteiger partial charge in [0.05, 0.1) is 6.04 Å². The number of rotatable bonds is 10. The molecule has 152 valence electrons. The number of carbonyl (C=O) groups is 2. The van der Waals surface area contributed by atoms with Crippen molar-refractivity contribution in [2.75, 3.05) is 12.0 Å². The van der Waals surface area contributed by atoms with Crippen LogP contribution in [0.4, 0.5) is 0 Å². The lowest BCUT2D eigenvalue weighted by Crippen LogP contribution is -2.47. The van der Waals surface area contributed by atoms with Gasteiger partial charge in [0, 0.05) is 11.5 Å². The van der Waals surface area contributed by atoms with Gasteiger partial charge in [-0.15, -0.1) is 0 Å². The molecule has 0 aliphatic rings. The van der Waals surface area contributed by atoms with Crippen molar-refractivity contribution in [1.82, 2.24) is 25.8 Å². The van der Waals surface area contributed by atoms with Crippen LogP contribution in [0.3, 0.4) is 0 Å². The number of nitrogens with zero attached hydrogens (tertiary/aromatic N) is 2. The molecule has 0 fully saturated rings. The number of hydrogen-bond donors (Lipinski definition) is 3. The second-order valence-electron chi connectivity index (χ2n) is 6.79. The van der Waals surface area contributed by atoms with E-state index in [1.165, 1.54) is 0 Å². The Morgan fingerprint density at radius 1 is 1.18 bits per heavy atom. The van der Waals surface area contributed by atoms with Crippen LogP contribution in [0.1, 0.15) is 67.6 Å². The maximum Gasteiger partial charge on any atom is 0.251 e. The predicted molar refractivity (Wildman–Crippen MR) is 112 cm³/mol. The number of aromatic amines is 1. The predicted octanol–water partition coefficient (Wildman–Crippen LogP) is 3.05. The first-order valence-corrected chi connectivity index (χ1v) is 10.9. The van der Waals surface area contributed by atoms with Crippen molar-refractivity contribution in [2.24, 2.45) is 0 Å². The minimum Gasteiger partial charge on any atom is -0.345 e. The Bertz CT molecular complexity index is 765. The Morgan fingerprint density at radius 3 is 2.54 bits per heavy atom. The van der Waals surface area contributed by atoms with Crippen molar-refractivity contribution in [2.45, 2.75) is 51.6 Å². The smallest absolute Gasteiger partial charge is 0.251 e. The van der Waals surface area contributed by atoms with E-state index < -0.39 is 6.04 Å². The van der Waals surface area contributed by atoms with Crippen molar-refractivity contribution in [3.8, 4) is 0 Å². The number of amides is 2. The molecule has 0 spiro atoms. The molecule has 1 aromatic carbocycles. The average molecular weight is 404 g/mol. The van der Waals surface area contributed by atoms with Crippen LogP contribution >= 0.6 is 11.8 Å². The molecule has 0 aliphatic carbocycles. The molecule has 3 N–H and O–H groups in total. The fourth-order valence-corrected chi connectivity index (χ4v) is 3.07. The van der Waals surface area contributed by atoms with E-state index in [1.54, 1.807) is 36.0 Å². The molecule has 28 heavy (non-hydrogen) atoms. The molecule has 2 amide bonds. The largest absolute Gasteiger partial charge is 0.345 e. The normalized spacial score (nSPS) is 14.1. The molecular formula is C20H29N5O2S. The Balaban J connectivity index is 2.03. The zero-order valence-corrected chi connectivity index (χ0v) is 17.7. The highest BCUT2D eigenvalue weighted by molar-refractivity contribution is 7.98. The molecule has 8 heteroatoms. The standard InChI is InChI=1S/C20H29N5O2S/c1-5-13(2)17-23-18(25-24-17)14(3)21-20(27)16(11-12-28-4)22-19(26)15-9-7-6-8-10-15/h6-10,13-14,16H,5,11-12H2,1-4H3,(H,21,27)(H,22,26)(H,23,24,25)/t13-,14-,16+/m0/s1. The van der Waals surface area contributed by atoms with E-state index in [4.69, 9.17) is 0 Å². The van der Waals surface area contributed by atoms with Gasteiger partial charge in [-0.3, -0.25) is 14.7 Å². The Labute approximate surface area is 170 Å². The third kappa shape index (κ3) is 6.09. The molecule has 0 saturated carbocycles. The van der Waals surface area contributed by atoms with Crippen molar-refractivity contribution >= 4 is 23.6 Å². The van der Waals surface area contributed by atoms with Crippen LogP contribution in [0.25, 0.3) is 0 Å². The van der Waals surface area contributed by atoms with Crippen molar-refractivity contribution in [3.63, 3.8) is 0 Å². The first kappa shape index (κ1) is 21.9. The van der Waals surface area contributed by atoms with Gasteiger partial charge in [-0.05, 0) is 43.9 Å². The monoisotopic (exact) mass is 403 g/mol. The van der Waals surface area contributed by atoms with Gasteiger partial charge in [0.15, 0.2) is 5.82 Å². The van der Waals surface area contributed by atoms with E-state index >= 15 is 0 Å². The minimum atomic E-state index is -0.612. The minimum absolute atomic E-state index is 0.229. The topological polar surface area (TPSA) is 99.8 Å². The fourth-order valence-electron chi connectivity index (χ4n) is 2.60. The number of aromatic nitrogens is 3. The van der Waals surface area contributed by atoms with Crippen molar-refractivity contribution < 1.29 is 9.59 Å². The van der Waals surface area contributed by atoms with Crippen LogP contribution in [0.15, 0.2) is 30.3 Å². The van der Waals surface area contributed by atoms with E-state index in [-0.39, 0.29) is 23.8 Å². The Morgan fingerprint density at radius 2 is 1.89 bits per heavy atom. The molecule has 0 bridgehead atoms. The molecule has 7 nitrogen and oxygen atoms in total. The SMILES string of the molecule is CC[C@H](C)c1n[nH]c([C@H](C)NC(=O)[C@@H](CCSC)NC(=O)c2ccccc2)n1. The summed E-state index contributed by atoms with van der Waals surface area (Å²) in [6.07, 6.45) is 3.47. The van der Waals surface area contributed by atoms with E-state index in [0.717, 1.165) is 18.0 Å². The highest BCUT2D eigenvalue weighted by Gasteiger charge is 2.24. The highest BCUT2D eigenvalue weighted by Crippen LogP contribution is 2.16. The van der Waals surface area contributed by atoms with Crippen molar-refractivity contribution in [1.29, 1.82) is 0 Å². The van der Waals surface area contributed by atoms with Crippen LogP contribution in [0, 0.1) is 0 Å². The molecule has 0 radical (unpaired) electrons. The molecule has 0 unspecified atom stereocenters. The molecule has 1 aromatic heterocycles. The third-order valence-corrected chi connectivity index (χ3v) is 5.25. The average Bonchev–Trinajstić information content (AvgIpc) is 3.21. The zero-order valence-electron chi connectivity index (χ0n) is 16.9. The summed E-state index contributed by atoms with van der Waals surface area (Å²) in [5.41, 5.74) is 0.533. The van der Waals surface area contributed by atoms with Crippen molar-refractivity contribution in [3.05, 3.63) is 47.5 Å². The second-order valence-corrected chi connectivity index (χ2v) is 7.78. The number of nitrogens with one attached hydrogen (secondary N) is 3. The first-order chi connectivity index (χ1) is 13.5. The summed E-state index contributed by atoms with van der Waals surface area (Å²) in [4.78, 5) is 29.8. The van der Waals surface area contributed by atoms with Crippen LogP contribution in [-0.2, 0) is 4.79 Å². The van der Waals surface area contributed by atoms with Crippen LogP contribution in [-0.4, -0.2) is 45.0 Å². The summed E-state index contributed by atoms with van der Waals surface area (Å²) >= 11 is 1.63. The highest BCUT2D eigenvalue weighted by atomic mass is 32.2. The van der Waals surface area contributed by atoms with Gasteiger partial charge in [-0.25, -0.2) is 4.98 Å². The van der Waals surface area contributed by atoms with Gasteiger partial charge in [0.25, 0.3) is 5.91 Å². The van der Waals surface area contributed by atoms with E-state index in [2.05, 4.69) is 39.7 Å². The van der Waals surface area contributed by atoms with Gasteiger partial charge in [0.1, 0.15) is 11.9 Å². The summed E-state index contributed by atoms with van der Waals surface area (Å²) in [6.45, 7) is 5.99. The molecule has 2 rings (SSSR count). The zero-order chi connectivity index (χ0) is 20.5. The Hall–Kier alpha value is -2.35. The summed E-state index contributed by atoms with van der Waals surface area (Å²) in [5, 5.41) is 12.9. The lowest BCUT2D eigenvalue weighted by molar-refractivity contribution is -0.123.